The second-order valence-corrected chi connectivity index (χ2v) is 3.24. The molecule has 0 spiro atoms. The molecule has 0 aliphatic heterocycles. The van der Waals surface area contributed by atoms with Crippen LogP contribution in [0.5, 0.6) is 0 Å². The Labute approximate surface area is 76.6 Å². The number of hydrogen-bond donors (Lipinski definition) is 1. The summed E-state index contributed by atoms with van der Waals surface area (Å²) < 4.78 is 13.4. The summed E-state index contributed by atoms with van der Waals surface area (Å²) in [6.07, 6.45) is 0.868. The van der Waals surface area contributed by atoms with E-state index in [1.165, 1.54) is 6.07 Å². The van der Waals surface area contributed by atoms with Crippen molar-refractivity contribution in [3.8, 4) is 0 Å². The average molecular weight is 177 g/mol. The van der Waals surface area contributed by atoms with Gasteiger partial charge >= 0.3 is 0 Å². The Morgan fingerprint density at radius 2 is 2.15 bits per heavy atom. The molecule has 0 aliphatic rings. The van der Waals surface area contributed by atoms with E-state index in [0.717, 1.165) is 28.6 Å². The second-order valence-electron chi connectivity index (χ2n) is 3.24. The minimum absolute atomic E-state index is 0.126. The topological polar surface area (TPSA) is 15.8 Å². The zero-order valence-electron chi connectivity index (χ0n) is 7.82. The summed E-state index contributed by atoms with van der Waals surface area (Å²) in [6.45, 7) is 4.03. The average Bonchev–Trinajstić information content (AvgIpc) is 2.42. The highest BCUT2D eigenvalue weighted by molar-refractivity contribution is 5.85. The number of hydrogen-bond acceptors (Lipinski definition) is 0. The van der Waals surface area contributed by atoms with Gasteiger partial charge in [0.15, 0.2) is 0 Å². The smallest absolute Gasteiger partial charge is 0.132 e. The van der Waals surface area contributed by atoms with Crippen LogP contribution in [0.2, 0.25) is 0 Å². The zero-order valence-corrected chi connectivity index (χ0v) is 7.82. The molecule has 0 fully saturated rings. The van der Waals surface area contributed by atoms with E-state index in [-0.39, 0.29) is 5.82 Å². The third kappa shape index (κ3) is 1.13. The number of aromatic nitrogens is 1. The predicted molar refractivity (Wildman–Crippen MR) is 52.4 cm³/mol. The van der Waals surface area contributed by atoms with Gasteiger partial charge in [-0.2, -0.15) is 0 Å². The van der Waals surface area contributed by atoms with E-state index in [9.17, 15) is 4.39 Å². The summed E-state index contributed by atoms with van der Waals surface area (Å²) in [4.78, 5) is 3.18. The number of aryl methyl sites for hydroxylation is 2. The van der Waals surface area contributed by atoms with E-state index in [0.29, 0.717) is 0 Å². The van der Waals surface area contributed by atoms with Gasteiger partial charge in [0.25, 0.3) is 0 Å². The molecule has 0 amide bonds. The summed E-state index contributed by atoms with van der Waals surface area (Å²) in [5.74, 6) is -0.126. The Balaban J connectivity index is 2.88. The Morgan fingerprint density at radius 3 is 2.85 bits per heavy atom. The van der Waals surface area contributed by atoms with E-state index >= 15 is 0 Å². The molecular weight excluding hydrogens is 165 g/mol. The fraction of sp³-hybridized carbons (Fsp3) is 0.273. The van der Waals surface area contributed by atoms with E-state index in [2.05, 4.69) is 4.98 Å². The van der Waals surface area contributed by atoms with Gasteiger partial charge in [-0.1, -0.05) is 13.0 Å². The van der Waals surface area contributed by atoms with Gasteiger partial charge in [-0.25, -0.2) is 4.39 Å². The molecule has 0 saturated carbocycles. The lowest BCUT2D eigenvalue weighted by Crippen LogP contribution is -1.83. The molecule has 68 valence electrons. The van der Waals surface area contributed by atoms with Gasteiger partial charge < -0.3 is 4.98 Å². The Bertz CT molecular complexity index is 443. The zero-order chi connectivity index (χ0) is 9.42. The molecule has 2 heteroatoms. The molecule has 1 heterocycles. The van der Waals surface area contributed by atoms with Gasteiger partial charge in [-0.3, -0.25) is 0 Å². The molecule has 0 aliphatic carbocycles. The summed E-state index contributed by atoms with van der Waals surface area (Å²) in [6, 6.07) is 5.15. The molecule has 2 aromatic rings. The van der Waals surface area contributed by atoms with Gasteiger partial charge in [0.05, 0.1) is 0 Å². The lowest BCUT2D eigenvalue weighted by molar-refractivity contribution is 0.639. The molecular formula is C11H12FN. The van der Waals surface area contributed by atoms with Crippen LogP contribution in [0.4, 0.5) is 4.39 Å². The molecule has 1 nitrogen and oxygen atoms in total. The molecule has 0 bridgehead atoms. The van der Waals surface area contributed by atoms with Crippen molar-refractivity contribution < 1.29 is 4.39 Å². The van der Waals surface area contributed by atoms with Crippen LogP contribution in [0.3, 0.4) is 0 Å². The Morgan fingerprint density at radius 1 is 1.38 bits per heavy atom. The number of fused-ring (bicyclic) bond motifs is 1. The van der Waals surface area contributed by atoms with Crippen LogP contribution in [0.15, 0.2) is 18.2 Å². The highest BCUT2D eigenvalue weighted by atomic mass is 19.1. The van der Waals surface area contributed by atoms with Gasteiger partial charge in [-0.05, 0) is 31.0 Å². The monoisotopic (exact) mass is 177 g/mol. The Kier molecular flexibility index (Phi) is 1.83. The first-order valence-corrected chi connectivity index (χ1v) is 4.49. The lowest BCUT2D eigenvalue weighted by atomic mass is 10.1. The van der Waals surface area contributed by atoms with Crippen molar-refractivity contribution in [3.63, 3.8) is 0 Å². The van der Waals surface area contributed by atoms with Crippen molar-refractivity contribution in [1.82, 2.24) is 4.98 Å². The van der Waals surface area contributed by atoms with Crippen LogP contribution < -0.4 is 0 Å². The number of benzene rings is 1. The lowest BCUT2D eigenvalue weighted by Gasteiger charge is -1.96. The first-order valence-electron chi connectivity index (χ1n) is 4.49. The molecule has 0 unspecified atom stereocenters. The summed E-state index contributed by atoms with van der Waals surface area (Å²) in [7, 11) is 0. The van der Waals surface area contributed by atoms with Crippen LogP contribution >= 0.6 is 0 Å². The highest BCUT2D eigenvalue weighted by Gasteiger charge is 2.09. The molecule has 1 aromatic carbocycles. The molecule has 1 aromatic heterocycles. The summed E-state index contributed by atoms with van der Waals surface area (Å²) in [5.41, 5.74) is 3.06. The van der Waals surface area contributed by atoms with Crippen LogP contribution in [0.25, 0.3) is 10.9 Å². The van der Waals surface area contributed by atoms with E-state index in [1.807, 2.05) is 19.9 Å². The number of rotatable bonds is 1. The van der Waals surface area contributed by atoms with E-state index in [1.54, 1.807) is 6.07 Å². The number of H-pyrrole nitrogens is 1. The third-order valence-electron chi connectivity index (χ3n) is 2.44. The van der Waals surface area contributed by atoms with Gasteiger partial charge in [0.2, 0.25) is 0 Å². The SMILES string of the molecule is CCc1c(C)[nH]c2cccc(F)c12. The van der Waals surface area contributed by atoms with Crippen molar-refractivity contribution in [2.45, 2.75) is 20.3 Å². The van der Waals surface area contributed by atoms with Crippen LogP contribution in [0.1, 0.15) is 18.2 Å². The Hall–Kier alpha value is -1.31. The summed E-state index contributed by atoms with van der Waals surface area (Å²) >= 11 is 0. The minimum atomic E-state index is -0.126. The second kappa shape index (κ2) is 2.87. The fourth-order valence-electron chi connectivity index (χ4n) is 1.84. The minimum Gasteiger partial charge on any atom is -0.358 e. The van der Waals surface area contributed by atoms with Crippen LogP contribution in [0, 0.1) is 12.7 Å². The molecule has 0 saturated heterocycles. The largest absolute Gasteiger partial charge is 0.358 e. The number of halogens is 1. The molecule has 0 radical (unpaired) electrons. The maximum absolute atomic E-state index is 13.4. The van der Waals surface area contributed by atoms with Gasteiger partial charge in [0.1, 0.15) is 5.82 Å². The normalized spacial score (nSPS) is 11.0. The van der Waals surface area contributed by atoms with E-state index < -0.39 is 0 Å². The first kappa shape index (κ1) is 8.30. The van der Waals surface area contributed by atoms with Crippen molar-refractivity contribution >= 4 is 10.9 Å². The van der Waals surface area contributed by atoms with Crippen molar-refractivity contribution in [2.75, 3.05) is 0 Å². The predicted octanol–water partition coefficient (Wildman–Crippen LogP) is 3.18. The van der Waals surface area contributed by atoms with Gasteiger partial charge in [-0.15, -0.1) is 0 Å². The molecule has 1 N–H and O–H groups in total. The number of aromatic amines is 1. The maximum atomic E-state index is 13.4. The number of nitrogens with one attached hydrogen (secondary N) is 1. The quantitative estimate of drug-likeness (QED) is 0.688. The van der Waals surface area contributed by atoms with Crippen molar-refractivity contribution in [3.05, 3.63) is 35.3 Å². The van der Waals surface area contributed by atoms with Crippen molar-refractivity contribution in [1.29, 1.82) is 0 Å². The highest BCUT2D eigenvalue weighted by Crippen LogP contribution is 2.24. The maximum Gasteiger partial charge on any atom is 0.132 e. The van der Waals surface area contributed by atoms with E-state index in [4.69, 9.17) is 0 Å². The van der Waals surface area contributed by atoms with Crippen LogP contribution in [-0.4, -0.2) is 4.98 Å². The molecule has 13 heavy (non-hydrogen) atoms. The fourth-order valence-corrected chi connectivity index (χ4v) is 1.84. The summed E-state index contributed by atoms with van der Waals surface area (Å²) in [5, 5.41) is 0.752. The van der Waals surface area contributed by atoms with Crippen LogP contribution in [-0.2, 0) is 6.42 Å². The molecule has 2 rings (SSSR count). The standard InChI is InChI=1S/C11H12FN/c1-3-8-7(2)13-10-6-4-5-9(12)11(8)10/h4-6,13H,3H2,1-2H3. The molecule has 0 atom stereocenters. The third-order valence-corrected chi connectivity index (χ3v) is 2.44. The van der Waals surface area contributed by atoms with Gasteiger partial charge in [0, 0.05) is 16.6 Å². The first-order chi connectivity index (χ1) is 6.24. The van der Waals surface area contributed by atoms with Crippen molar-refractivity contribution in [2.24, 2.45) is 0 Å².